The number of hydrogen-bond acceptors (Lipinski definition) is 6. The first-order chi connectivity index (χ1) is 8.86. The lowest BCUT2D eigenvalue weighted by Crippen LogP contribution is -2.31. The standard InChI is InChI=1S/C10H14F2N2O4S/c1-6(16)8-4-7(14(17)18)10(19-8)13(2-3-15)5-9(11)12/h4,6,9,15-16H,2-3,5H2,1H3. The first kappa shape index (κ1) is 15.7. The molecule has 0 amide bonds. The highest BCUT2D eigenvalue weighted by Crippen LogP contribution is 2.40. The summed E-state index contributed by atoms with van der Waals surface area (Å²) < 4.78 is 24.9. The quantitative estimate of drug-likeness (QED) is 0.591. The van der Waals surface area contributed by atoms with Gasteiger partial charge < -0.3 is 15.1 Å². The van der Waals surface area contributed by atoms with Gasteiger partial charge >= 0.3 is 5.69 Å². The first-order valence-electron chi connectivity index (χ1n) is 5.47. The number of aliphatic hydroxyl groups excluding tert-OH is 2. The van der Waals surface area contributed by atoms with Crippen molar-refractivity contribution in [2.45, 2.75) is 19.5 Å². The van der Waals surface area contributed by atoms with Gasteiger partial charge in [-0.3, -0.25) is 10.1 Å². The van der Waals surface area contributed by atoms with Gasteiger partial charge in [0.15, 0.2) is 5.00 Å². The van der Waals surface area contributed by atoms with E-state index in [1.165, 1.54) is 13.0 Å². The van der Waals surface area contributed by atoms with E-state index in [1.54, 1.807) is 0 Å². The van der Waals surface area contributed by atoms with Gasteiger partial charge in [-0.15, -0.1) is 11.3 Å². The third-order valence-corrected chi connectivity index (χ3v) is 3.69. The fourth-order valence-electron chi connectivity index (χ4n) is 1.52. The van der Waals surface area contributed by atoms with Gasteiger partial charge in [-0.05, 0) is 6.92 Å². The molecular weight excluding hydrogens is 282 g/mol. The second-order valence-electron chi connectivity index (χ2n) is 3.83. The van der Waals surface area contributed by atoms with Gasteiger partial charge in [0.2, 0.25) is 0 Å². The Kier molecular flexibility index (Phi) is 5.58. The van der Waals surface area contributed by atoms with Crippen LogP contribution in [-0.4, -0.2) is 41.3 Å². The van der Waals surface area contributed by atoms with Gasteiger partial charge in [0.05, 0.1) is 24.2 Å². The largest absolute Gasteiger partial charge is 0.395 e. The molecule has 1 aromatic rings. The molecule has 0 aromatic carbocycles. The molecule has 0 aliphatic carbocycles. The van der Waals surface area contributed by atoms with Crippen LogP contribution in [0.25, 0.3) is 0 Å². The lowest BCUT2D eigenvalue weighted by molar-refractivity contribution is -0.383. The molecule has 1 aromatic heterocycles. The highest BCUT2D eigenvalue weighted by molar-refractivity contribution is 7.16. The Bertz CT molecular complexity index is 439. The molecule has 0 saturated heterocycles. The fraction of sp³-hybridized carbons (Fsp3) is 0.600. The van der Waals surface area contributed by atoms with Crippen LogP contribution < -0.4 is 4.90 Å². The minimum Gasteiger partial charge on any atom is -0.395 e. The molecule has 1 heterocycles. The Morgan fingerprint density at radius 2 is 2.21 bits per heavy atom. The van der Waals surface area contributed by atoms with Gasteiger partial charge in [0, 0.05) is 17.5 Å². The molecule has 1 rings (SSSR count). The van der Waals surface area contributed by atoms with Crippen LogP contribution in [-0.2, 0) is 0 Å². The summed E-state index contributed by atoms with van der Waals surface area (Å²) in [6.07, 6.45) is -3.59. The van der Waals surface area contributed by atoms with Crippen LogP contribution in [0.5, 0.6) is 0 Å². The van der Waals surface area contributed by atoms with Crippen molar-refractivity contribution in [1.82, 2.24) is 0 Å². The molecule has 0 spiro atoms. The summed E-state index contributed by atoms with van der Waals surface area (Å²) in [5, 5.41) is 29.2. The number of aliphatic hydroxyl groups is 2. The van der Waals surface area contributed by atoms with E-state index in [1.807, 2.05) is 0 Å². The van der Waals surface area contributed by atoms with Crippen LogP contribution in [0.2, 0.25) is 0 Å². The van der Waals surface area contributed by atoms with Crippen molar-refractivity contribution in [3.05, 3.63) is 21.1 Å². The number of halogens is 2. The van der Waals surface area contributed by atoms with Crippen LogP contribution in [0.15, 0.2) is 6.07 Å². The summed E-state index contributed by atoms with van der Waals surface area (Å²) in [6, 6.07) is 1.17. The zero-order chi connectivity index (χ0) is 14.6. The van der Waals surface area contributed by atoms with Gasteiger partial charge in [-0.25, -0.2) is 8.78 Å². The molecular formula is C10H14F2N2O4S. The van der Waals surface area contributed by atoms with E-state index in [0.29, 0.717) is 4.88 Å². The van der Waals surface area contributed by atoms with Crippen molar-refractivity contribution in [2.24, 2.45) is 0 Å². The van der Waals surface area contributed by atoms with Crippen LogP contribution in [0.3, 0.4) is 0 Å². The molecule has 1 atom stereocenters. The topological polar surface area (TPSA) is 86.8 Å². The maximum atomic E-state index is 12.5. The number of rotatable bonds is 7. The number of anilines is 1. The highest BCUT2D eigenvalue weighted by atomic mass is 32.1. The van der Waals surface area contributed by atoms with Crippen LogP contribution >= 0.6 is 11.3 Å². The Hall–Kier alpha value is -1.32. The Labute approximate surface area is 112 Å². The summed E-state index contributed by atoms with van der Waals surface area (Å²) in [5.41, 5.74) is -0.338. The maximum Gasteiger partial charge on any atom is 0.304 e. The summed E-state index contributed by atoms with van der Waals surface area (Å²) in [7, 11) is 0. The van der Waals surface area contributed by atoms with Crippen molar-refractivity contribution in [3.8, 4) is 0 Å². The zero-order valence-electron chi connectivity index (χ0n) is 10.1. The average molecular weight is 296 g/mol. The fourth-order valence-corrected chi connectivity index (χ4v) is 2.61. The van der Waals surface area contributed by atoms with Crippen molar-refractivity contribution >= 4 is 22.0 Å². The first-order valence-corrected chi connectivity index (χ1v) is 6.28. The second kappa shape index (κ2) is 6.73. The average Bonchev–Trinajstić information content (AvgIpc) is 2.72. The molecule has 6 nitrogen and oxygen atoms in total. The van der Waals surface area contributed by atoms with E-state index in [0.717, 1.165) is 16.2 Å². The number of alkyl halides is 2. The zero-order valence-corrected chi connectivity index (χ0v) is 10.9. The number of hydrogen-bond donors (Lipinski definition) is 2. The Morgan fingerprint density at radius 1 is 1.58 bits per heavy atom. The molecule has 108 valence electrons. The molecule has 0 saturated carbocycles. The maximum absolute atomic E-state index is 12.5. The molecule has 0 aliphatic heterocycles. The smallest absolute Gasteiger partial charge is 0.304 e. The minimum atomic E-state index is -2.68. The molecule has 0 bridgehead atoms. The monoisotopic (exact) mass is 296 g/mol. The summed E-state index contributed by atoms with van der Waals surface area (Å²) in [5.74, 6) is 0. The van der Waals surface area contributed by atoms with E-state index in [4.69, 9.17) is 5.11 Å². The Morgan fingerprint density at radius 3 is 2.63 bits per heavy atom. The van der Waals surface area contributed by atoms with E-state index in [2.05, 4.69) is 0 Å². The van der Waals surface area contributed by atoms with Crippen LogP contribution in [0, 0.1) is 10.1 Å². The third-order valence-electron chi connectivity index (χ3n) is 2.34. The van der Waals surface area contributed by atoms with E-state index < -0.39 is 30.6 Å². The van der Waals surface area contributed by atoms with Gasteiger partial charge in [-0.1, -0.05) is 0 Å². The second-order valence-corrected chi connectivity index (χ2v) is 4.90. The molecule has 0 radical (unpaired) electrons. The number of thiophene rings is 1. The molecule has 1 unspecified atom stereocenters. The van der Waals surface area contributed by atoms with E-state index >= 15 is 0 Å². The number of nitro groups is 1. The van der Waals surface area contributed by atoms with Gasteiger partial charge in [0.1, 0.15) is 0 Å². The van der Waals surface area contributed by atoms with Gasteiger partial charge in [-0.2, -0.15) is 0 Å². The normalized spacial score (nSPS) is 12.7. The summed E-state index contributed by atoms with van der Waals surface area (Å²) in [6.45, 7) is 0.195. The molecule has 9 heteroatoms. The summed E-state index contributed by atoms with van der Waals surface area (Å²) >= 11 is 0.876. The predicted molar refractivity (Wildman–Crippen MR) is 66.9 cm³/mol. The lowest BCUT2D eigenvalue weighted by atomic mass is 10.3. The predicted octanol–water partition coefficient (Wildman–Crippen LogP) is 1.77. The highest BCUT2D eigenvalue weighted by Gasteiger charge is 2.26. The molecule has 0 aliphatic rings. The molecule has 2 N–H and O–H groups in total. The third kappa shape index (κ3) is 4.08. The Balaban J connectivity index is 3.15. The minimum absolute atomic E-state index is 0.0234. The molecule has 0 fully saturated rings. The number of nitrogens with zero attached hydrogens (tertiary/aromatic N) is 2. The van der Waals surface area contributed by atoms with Gasteiger partial charge in [0.25, 0.3) is 6.43 Å². The SMILES string of the molecule is CC(O)c1cc([N+](=O)[O-])c(N(CCO)CC(F)F)s1. The van der Waals surface area contributed by atoms with E-state index in [-0.39, 0.29) is 17.2 Å². The van der Waals surface area contributed by atoms with E-state index in [9.17, 15) is 24.0 Å². The van der Waals surface area contributed by atoms with Crippen LogP contribution in [0.1, 0.15) is 17.9 Å². The van der Waals surface area contributed by atoms with Crippen LogP contribution in [0.4, 0.5) is 19.5 Å². The molecule has 19 heavy (non-hydrogen) atoms. The van der Waals surface area contributed by atoms with Crippen molar-refractivity contribution in [1.29, 1.82) is 0 Å². The van der Waals surface area contributed by atoms with Crippen molar-refractivity contribution in [3.63, 3.8) is 0 Å². The van der Waals surface area contributed by atoms with Crippen molar-refractivity contribution < 1.29 is 23.9 Å². The lowest BCUT2D eigenvalue weighted by Gasteiger charge is -2.20. The van der Waals surface area contributed by atoms with Crippen molar-refractivity contribution in [2.75, 3.05) is 24.6 Å². The summed E-state index contributed by atoms with van der Waals surface area (Å²) in [4.78, 5) is 11.6.